The first-order valence-corrected chi connectivity index (χ1v) is 8.16. The number of aromatic nitrogens is 1. The lowest BCUT2D eigenvalue weighted by Gasteiger charge is -2.29. The number of non-ortho nitro benzene ring substituents is 1. The van der Waals surface area contributed by atoms with Crippen molar-refractivity contribution < 1.29 is 9.85 Å². The number of benzene rings is 1. The molecule has 0 saturated carbocycles. The minimum atomic E-state index is -0.656. The Balaban J connectivity index is 1.97. The Morgan fingerprint density at radius 3 is 2.62 bits per heavy atom. The molecule has 26 heavy (non-hydrogen) atoms. The molecule has 0 bridgehead atoms. The molecule has 0 atom stereocenters. The molecule has 1 aliphatic heterocycles. The van der Waals surface area contributed by atoms with Gasteiger partial charge < -0.3 is 4.90 Å². The van der Waals surface area contributed by atoms with Gasteiger partial charge in [-0.15, -0.1) is 0 Å². The maximum absolute atomic E-state index is 11.4. The van der Waals surface area contributed by atoms with Gasteiger partial charge in [0, 0.05) is 31.9 Å². The smallest absolute Gasteiger partial charge is 0.287 e. The third kappa shape index (κ3) is 3.77. The van der Waals surface area contributed by atoms with Gasteiger partial charge in [-0.3, -0.25) is 25.2 Å². The number of amidine groups is 1. The lowest BCUT2D eigenvalue weighted by Crippen LogP contribution is -2.36. The van der Waals surface area contributed by atoms with Gasteiger partial charge in [0.25, 0.3) is 11.4 Å². The summed E-state index contributed by atoms with van der Waals surface area (Å²) in [6, 6.07) is 7.10. The van der Waals surface area contributed by atoms with E-state index in [-0.39, 0.29) is 16.9 Å². The van der Waals surface area contributed by atoms with Crippen molar-refractivity contribution in [2.24, 2.45) is 4.99 Å². The van der Waals surface area contributed by atoms with Crippen molar-refractivity contribution in [3.05, 3.63) is 73.0 Å². The first-order chi connectivity index (χ1) is 12.5. The molecule has 0 radical (unpaired) electrons. The normalized spacial score (nSPS) is 14.0. The molecule has 134 valence electrons. The zero-order valence-electron chi connectivity index (χ0n) is 13.5. The van der Waals surface area contributed by atoms with Crippen LogP contribution in [0, 0.1) is 20.2 Å². The Morgan fingerprint density at radius 2 is 1.96 bits per heavy atom. The minimum Gasteiger partial charge on any atom is -0.352 e. The molecule has 2 aromatic rings. The van der Waals surface area contributed by atoms with Gasteiger partial charge in [0.1, 0.15) is 11.0 Å². The van der Waals surface area contributed by atoms with Gasteiger partial charge >= 0.3 is 0 Å². The van der Waals surface area contributed by atoms with Crippen LogP contribution in [0.3, 0.4) is 0 Å². The Kier molecular flexibility index (Phi) is 5.08. The van der Waals surface area contributed by atoms with Crippen LogP contribution in [0.1, 0.15) is 17.5 Å². The first-order valence-electron chi connectivity index (χ1n) is 7.79. The summed E-state index contributed by atoms with van der Waals surface area (Å²) >= 11 is 5.80. The molecule has 1 aliphatic rings. The van der Waals surface area contributed by atoms with Gasteiger partial charge in [-0.1, -0.05) is 17.7 Å². The second-order valence-corrected chi connectivity index (χ2v) is 6.07. The number of nitro benzene ring substituents is 2. The quantitative estimate of drug-likeness (QED) is 0.450. The van der Waals surface area contributed by atoms with Crippen LogP contribution in [0.15, 0.2) is 41.5 Å². The van der Waals surface area contributed by atoms with Crippen LogP contribution in [0.25, 0.3) is 0 Å². The molecule has 0 N–H and O–H groups in total. The van der Waals surface area contributed by atoms with Crippen LogP contribution in [0.2, 0.25) is 5.15 Å². The lowest BCUT2D eigenvalue weighted by molar-refractivity contribution is -0.394. The van der Waals surface area contributed by atoms with Crippen molar-refractivity contribution in [2.75, 3.05) is 13.1 Å². The topological polar surface area (TPSA) is 115 Å². The predicted molar refractivity (Wildman–Crippen MR) is 95.4 cm³/mol. The van der Waals surface area contributed by atoms with Gasteiger partial charge in [-0.05, 0) is 24.1 Å². The van der Waals surface area contributed by atoms with E-state index in [1.807, 2.05) is 11.0 Å². The highest BCUT2D eigenvalue weighted by Crippen LogP contribution is 2.28. The van der Waals surface area contributed by atoms with E-state index in [4.69, 9.17) is 11.6 Å². The fourth-order valence-corrected chi connectivity index (χ4v) is 2.87. The minimum absolute atomic E-state index is 0.266. The molecule has 0 amide bonds. The maximum atomic E-state index is 11.4. The number of nitro groups is 2. The molecule has 10 heteroatoms. The summed E-state index contributed by atoms with van der Waals surface area (Å²) in [6.45, 7) is 1.66. The van der Waals surface area contributed by atoms with E-state index in [9.17, 15) is 20.2 Å². The Hall–Kier alpha value is -3.07. The summed E-state index contributed by atoms with van der Waals surface area (Å²) in [4.78, 5) is 31.4. The highest BCUT2D eigenvalue weighted by atomic mass is 35.5. The first kappa shape index (κ1) is 17.7. The predicted octanol–water partition coefficient (Wildman–Crippen LogP) is 3.20. The summed E-state index contributed by atoms with van der Waals surface area (Å²) < 4.78 is 0. The van der Waals surface area contributed by atoms with Gasteiger partial charge in [0.05, 0.1) is 21.5 Å². The van der Waals surface area contributed by atoms with E-state index in [1.165, 1.54) is 12.1 Å². The zero-order chi connectivity index (χ0) is 18.7. The van der Waals surface area contributed by atoms with E-state index in [0.717, 1.165) is 18.1 Å². The van der Waals surface area contributed by atoms with E-state index < -0.39 is 9.85 Å². The average molecular weight is 376 g/mol. The summed E-state index contributed by atoms with van der Waals surface area (Å²) in [5.41, 5.74) is 0.486. The van der Waals surface area contributed by atoms with Gasteiger partial charge in [-0.2, -0.15) is 0 Å². The van der Waals surface area contributed by atoms with Crippen molar-refractivity contribution in [1.29, 1.82) is 0 Å². The average Bonchev–Trinajstić information content (AvgIpc) is 2.63. The van der Waals surface area contributed by atoms with E-state index in [0.29, 0.717) is 30.6 Å². The molecule has 0 spiro atoms. The summed E-state index contributed by atoms with van der Waals surface area (Å²) in [6.07, 6.45) is 2.45. The number of pyridine rings is 1. The standard InChI is InChI=1S/C16H14ClN5O4/c17-15-5-2-11(9-19-15)10-20-7-1-6-18-16(20)13-4-3-12(21(23)24)8-14(13)22(25)26/h2-5,8-9H,1,6-7,10H2. The van der Waals surface area contributed by atoms with Crippen LogP contribution in [-0.4, -0.2) is 38.7 Å². The number of nitrogens with zero attached hydrogens (tertiary/aromatic N) is 5. The van der Waals surface area contributed by atoms with Crippen molar-refractivity contribution in [3.8, 4) is 0 Å². The van der Waals surface area contributed by atoms with Gasteiger partial charge in [0.15, 0.2) is 0 Å². The third-order valence-electron chi connectivity index (χ3n) is 3.94. The number of hydrogen-bond acceptors (Lipinski definition) is 7. The summed E-state index contributed by atoms with van der Waals surface area (Å²) in [5.74, 6) is 0.452. The van der Waals surface area contributed by atoms with Crippen molar-refractivity contribution >= 4 is 28.8 Å². The summed E-state index contributed by atoms with van der Waals surface area (Å²) in [7, 11) is 0. The molecule has 0 saturated heterocycles. The molecule has 0 unspecified atom stereocenters. The van der Waals surface area contributed by atoms with Crippen molar-refractivity contribution in [1.82, 2.24) is 9.88 Å². The van der Waals surface area contributed by atoms with Gasteiger partial charge in [-0.25, -0.2) is 4.98 Å². The second-order valence-electron chi connectivity index (χ2n) is 5.69. The Bertz CT molecular complexity index is 885. The second kappa shape index (κ2) is 7.44. The van der Waals surface area contributed by atoms with Crippen LogP contribution in [0.4, 0.5) is 11.4 Å². The number of rotatable bonds is 5. The van der Waals surface area contributed by atoms with Gasteiger partial charge in [0.2, 0.25) is 0 Å². The number of aliphatic imine (C=N–C) groups is 1. The Labute approximate surface area is 153 Å². The van der Waals surface area contributed by atoms with Crippen LogP contribution in [-0.2, 0) is 6.54 Å². The SMILES string of the molecule is O=[N+]([O-])c1ccc(C2=NCCCN2Cc2ccc(Cl)nc2)c([N+](=O)[O-])c1. The third-order valence-corrected chi connectivity index (χ3v) is 4.16. The molecule has 1 aromatic carbocycles. The number of halogens is 1. The summed E-state index contributed by atoms with van der Waals surface area (Å²) in [5, 5.41) is 22.7. The van der Waals surface area contributed by atoms with E-state index >= 15 is 0 Å². The zero-order valence-corrected chi connectivity index (χ0v) is 14.3. The van der Waals surface area contributed by atoms with Crippen LogP contribution >= 0.6 is 11.6 Å². The molecule has 0 aliphatic carbocycles. The molecular weight excluding hydrogens is 362 g/mol. The van der Waals surface area contributed by atoms with E-state index in [2.05, 4.69) is 9.98 Å². The molecule has 2 heterocycles. The van der Waals surface area contributed by atoms with E-state index in [1.54, 1.807) is 12.3 Å². The fourth-order valence-electron chi connectivity index (χ4n) is 2.76. The Morgan fingerprint density at radius 1 is 1.15 bits per heavy atom. The monoisotopic (exact) mass is 375 g/mol. The molecule has 0 fully saturated rings. The maximum Gasteiger partial charge on any atom is 0.287 e. The fraction of sp³-hybridized carbons (Fsp3) is 0.250. The lowest BCUT2D eigenvalue weighted by atomic mass is 10.1. The molecule has 3 rings (SSSR count). The van der Waals surface area contributed by atoms with Crippen LogP contribution in [0.5, 0.6) is 0 Å². The molecule has 1 aromatic heterocycles. The highest BCUT2D eigenvalue weighted by Gasteiger charge is 2.27. The largest absolute Gasteiger partial charge is 0.352 e. The number of hydrogen-bond donors (Lipinski definition) is 0. The molecular formula is C16H14ClN5O4. The van der Waals surface area contributed by atoms with Crippen molar-refractivity contribution in [3.63, 3.8) is 0 Å². The van der Waals surface area contributed by atoms with Crippen LogP contribution < -0.4 is 0 Å². The van der Waals surface area contributed by atoms with Crippen molar-refractivity contribution in [2.45, 2.75) is 13.0 Å². The molecule has 9 nitrogen and oxygen atoms in total. The highest BCUT2D eigenvalue weighted by molar-refractivity contribution is 6.29.